The van der Waals surface area contributed by atoms with Crippen molar-refractivity contribution in [3.63, 3.8) is 0 Å². The van der Waals surface area contributed by atoms with Gasteiger partial charge in [0.1, 0.15) is 11.6 Å². The molecule has 1 heterocycles. The van der Waals surface area contributed by atoms with E-state index in [-0.39, 0.29) is 12.0 Å². The van der Waals surface area contributed by atoms with Gasteiger partial charge in [0.2, 0.25) is 0 Å². The van der Waals surface area contributed by atoms with Crippen LogP contribution in [0.15, 0.2) is 66.2 Å². The van der Waals surface area contributed by atoms with Crippen molar-refractivity contribution in [3.05, 3.63) is 82.3 Å². The van der Waals surface area contributed by atoms with Gasteiger partial charge in [-0.25, -0.2) is 9.78 Å². The molecule has 4 rings (SSSR count). The fourth-order valence-electron chi connectivity index (χ4n) is 3.41. The number of carbonyl (C=O) groups excluding carboxylic acids is 1. The molecule has 0 unspecified atom stereocenters. The molecule has 2 aromatic carbocycles. The number of aromatic nitrogens is 1. The van der Waals surface area contributed by atoms with Crippen LogP contribution in [0.1, 0.15) is 28.5 Å². The summed E-state index contributed by atoms with van der Waals surface area (Å²) in [5, 5.41) is 5.71. The highest BCUT2D eigenvalue weighted by molar-refractivity contribution is 7.10. The van der Waals surface area contributed by atoms with Crippen molar-refractivity contribution in [2.45, 2.75) is 12.3 Å². The Morgan fingerprint density at radius 1 is 1.11 bits per heavy atom. The third-order valence-electron chi connectivity index (χ3n) is 4.64. The zero-order valence-electron chi connectivity index (χ0n) is 14.8. The molecular formula is C22H20N2O2S. The smallest absolute Gasteiger partial charge is 0.407 e. The summed E-state index contributed by atoms with van der Waals surface area (Å²) in [6.07, 6.45) is 6.11. The van der Waals surface area contributed by atoms with Crippen molar-refractivity contribution in [2.24, 2.45) is 0 Å². The Kier molecular flexibility index (Phi) is 5.30. The number of thiazole rings is 1. The molecule has 0 aliphatic heterocycles. The van der Waals surface area contributed by atoms with Crippen LogP contribution >= 0.6 is 11.3 Å². The van der Waals surface area contributed by atoms with Gasteiger partial charge in [-0.3, -0.25) is 0 Å². The predicted molar refractivity (Wildman–Crippen MR) is 109 cm³/mol. The monoisotopic (exact) mass is 376 g/mol. The average Bonchev–Trinajstić information content (AvgIpc) is 3.32. The zero-order chi connectivity index (χ0) is 18.5. The first-order valence-electron chi connectivity index (χ1n) is 8.98. The molecule has 1 aliphatic carbocycles. The van der Waals surface area contributed by atoms with E-state index in [1.54, 1.807) is 17.5 Å². The number of rotatable bonds is 6. The second kappa shape index (κ2) is 8.18. The van der Waals surface area contributed by atoms with E-state index in [2.05, 4.69) is 34.6 Å². The molecule has 0 bridgehead atoms. The highest BCUT2D eigenvalue weighted by atomic mass is 32.1. The summed E-state index contributed by atoms with van der Waals surface area (Å²) in [5.41, 5.74) is 4.90. The van der Waals surface area contributed by atoms with Gasteiger partial charge in [-0.2, -0.15) is 0 Å². The number of nitrogens with zero attached hydrogens (tertiary/aromatic N) is 1. The topological polar surface area (TPSA) is 51.2 Å². The van der Waals surface area contributed by atoms with E-state index in [9.17, 15) is 4.79 Å². The Labute approximate surface area is 162 Å². The van der Waals surface area contributed by atoms with Crippen LogP contribution in [0.3, 0.4) is 0 Å². The number of amides is 1. The first-order chi connectivity index (χ1) is 13.3. The molecule has 1 aromatic heterocycles. The van der Waals surface area contributed by atoms with Gasteiger partial charge in [0, 0.05) is 24.0 Å². The Morgan fingerprint density at radius 2 is 1.81 bits per heavy atom. The Balaban J connectivity index is 1.30. The largest absolute Gasteiger partial charge is 0.449 e. The molecule has 136 valence electrons. The zero-order valence-corrected chi connectivity index (χ0v) is 15.6. The molecule has 1 amide bonds. The standard InChI is InChI=1S/C22H20N2O2S/c25-22(24-12-6-5-11-21-23-13-14-27-21)26-15-20-18-9-3-1-7-16(18)17-8-2-4-10-19(17)20/h1-5,7-11,13-14,20H,6,12,15H2,(H,24,25). The van der Waals surface area contributed by atoms with Gasteiger partial charge in [-0.05, 0) is 34.8 Å². The number of alkyl carbamates (subject to hydrolysis) is 1. The van der Waals surface area contributed by atoms with Gasteiger partial charge in [-0.15, -0.1) is 11.3 Å². The van der Waals surface area contributed by atoms with Crippen LogP contribution in [0.5, 0.6) is 0 Å². The lowest BCUT2D eigenvalue weighted by molar-refractivity contribution is 0.143. The maximum atomic E-state index is 12.0. The SMILES string of the molecule is O=C(NCCC=Cc1nccs1)OCC1c2ccccc2-c2ccccc21. The van der Waals surface area contributed by atoms with Gasteiger partial charge in [0.15, 0.2) is 0 Å². The predicted octanol–water partition coefficient (Wildman–Crippen LogP) is 5.09. The van der Waals surface area contributed by atoms with Crippen molar-refractivity contribution < 1.29 is 9.53 Å². The molecule has 1 N–H and O–H groups in total. The first kappa shape index (κ1) is 17.5. The van der Waals surface area contributed by atoms with E-state index < -0.39 is 0 Å². The molecular weight excluding hydrogens is 356 g/mol. The number of hydrogen-bond donors (Lipinski definition) is 1. The number of carbonyl (C=O) groups is 1. The highest BCUT2D eigenvalue weighted by Crippen LogP contribution is 2.44. The van der Waals surface area contributed by atoms with Crippen molar-refractivity contribution in [1.82, 2.24) is 10.3 Å². The van der Waals surface area contributed by atoms with Gasteiger partial charge in [-0.1, -0.05) is 54.6 Å². The summed E-state index contributed by atoms with van der Waals surface area (Å²) < 4.78 is 5.51. The summed E-state index contributed by atoms with van der Waals surface area (Å²) in [5.74, 6) is 0.0907. The molecule has 0 fully saturated rings. The lowest BCUT2D eigenvalue weighted by Crippen LogP contribution is -2.26. The number of fused-ring (bicyclic) bond motifs is 3. The molecule has 0 saturated heterocycles. The van der Waals surface area contributed by atoms with Crippen LogP contribution in [0, 0.1) is 0 Å². The summed E-state index contributed by atoms with van der Waals surface area (Å²) >= 11 is 1.59. The molecule has 0 spiro atoms. The lowest BCUT2D eigenvalue weighted by Gasteiger charge is -2.14. The summed E-state index contributed by atoms with van der Waals surface area (Å²) in [7, 11) is 0. The normalized spacial score (nSPS) is 12.7. The summed E-state index contributed by atoms with van der Waals surface area (Å²) in [6, 6.07) is 16.6. The lowest BCUT2D eigenvalue weighted by atomic mass is 9.98. The molecule has 4 nitrogen and oxygen atoms in total. The molecule has 1 aliphatic rings. The molecule has 27 heavy (non-hydrogen) atoms. The molecule has 0 atom stereocenters. The number of benzene rings is 2. The fraction of sp³-hybridized carbons (Fsp3) is 0.182. The average molecular weight is 376 g/mol. The Morgan fingerprint density at radius 3 is 2.48 bits per heavy atom. The second-order valence-corrected chi connectivity index (χ2v) is 7.24. The van der Waals surface area contributed by atoms with E-state index in [1.165, 1.54) is 22.3 Å². The number of hydrogen-bond acceptors (Lipinski definition) is 4. The molecule has 0 saturated carbocycles. The van der Waals surface area contributed by atoms with Crippen LogP contribution in [-0.4, -0.2) is 24.2 Å². The van der Waals surface area contributed by atoms with Crippen molar-refractivity contribution >= 4 is 23.5 Å². The maximum absolute atomic E-state index is 12.0. The number of ether oxygens (including phenoxy) is 1. The van der Waals surface area contributed by atoms with Crippen LogP contribution in [0.25, 0.3) is 17.2 Å². The highest BCUT2D eigenvalue weighted by Gasteiger charge is 2.28. The fourth-order valence-corrected chi connectivity index (χ4v) is 3.97. The van der Waals surface area contributed by atoms with Crippen molar-refractivity contribution in [3.8, 4) is 11.1 Å². The maximum Gasteiger partial charge on any atom is 0.407 e. The number of nitrogens with one attached hydrogen (secondary N) is 1. The van der Waals surface area contributed by atoms with E-state index in [4.69, 9.17) is 4.74 Å². The Bertz CT molecular complexity index is 905. The van der Waals surface area contributed by atoms with Crippen molar-refractivity contribution in [1.29, 1.82) is 0 Å². The molecule has 3 aromatic rings. The van der Waals surface area contributed by atoms with Gasteiger partial charge < -0.3 is 10.1 Å². The quantitative estimate of drug-likeness (QED) is 0.610. The summed E-state index contributed by atoms with van der Waals surface area (Å²) in [6.45, 7) is 0.882. The third-order valence-corrected chi connectivity index (χ3v) is 5.38. The van der Waals surface area contributed by atoms with E-state index in [0.29, 0.717) is 13.2 Å². The van der Waals surface area contributed by atoms with E-state index in [0.717, 1.165) is 11.4 Å². The summed E-state index contributed by atoms with van der Waals surface area (Å²) in [4.78, 5) is 16.2. The van der Waals surface area contributed by atoms with E-state index >= 15 is 0 Å². The first-order valence-corrected chi connectivity index (χ1v) is 9.86. The van der Waals surface area contributed by atoms with Gasteiger partial charge in [0.05, 0.1) is 0 Å². The van der Waals surface area contributed by atoms with Gasteiger partial charge >= 0.3 is 6.09 Å². The second-order valence-electron chi connectivity index (χ2n) is 6.31. The Hall–Kier alpha value is -2.92. The third kappa shape index (κ3) is 3.93. The van der Waals surface area contributed by atoms with Gasteiger partial charge in [0.25, 0.3) is 0 Å². The van der Waals surface area contributed by atoms with Crippen molar-refractivity contribution in [2.75, 3.05) is 13.2 Å². The minimum atomic E-state index is -0.375. The van der Waals surface area contributed by atoms with Crippen LogP contribution in [-0.2, 0) is 4.74 Å². The molecule has 5 heteroatoms. The van der Waals surface area contributed by atoms with Crippen LogP contribution in [0.4, 0.5) is 4.79 Å². The molecule has 0 radical (unpaired) electrons. The van der Waals surface area contributed by atoms with Crippen LogP contribution < -0.4 is 5.32 Å². The van der Waals surface area contributed by atoms with E-state index in [1.807, 2.05) is 41.8 Å². The van der Waals surface area contributed by atoms with Crippen LogP contribution in [0.2, 0.25) is 0 Å². The minimum Gasteiger partial charge on any atom is -0.449 e. The minimum absolute atomic E-state index is 0.0907.